The predicted octanol–water partition coefficient (Wildman–Crippen LogP) is 4.30. The average molecular weight is 439 g/mol. The summed E-state index contributed by atoms with van der Waals surface area (Å²) in [6.45, 7) is 5.18. The molecule has 1 saturated heterocycles. The molecule has 0 aliphatic carbocycles. The molecule has 2 aromatic carbocycles. The third-order valence-corrected chi connectivity index (χ3v) is 5.32. The van der Waals surface area contributed by atoms with Crippen LogP contribution in [0, 0.1) is 6.92 Å². The number of morpholine rings is 1. The number of carbonyl (C=O) groups excluding carboxylic acids is 1. The first-order chi connectivity index (χ1) is 12.5. The monoisotopic (exact) mass is 437 g/mol. The molecule has 7 heteroatoms. The largest absolute Gasteiger partial charge is 0.378 e. The van der Waals surface area contributed by atoms with Crippen molar-refractivity contribution in [1.29, 1.82) is 0 Å². The van der Waals surface area contributed by atoms with Gasteiger partial charge in [0, 0.05) is 28.3 Å². The summed E-state index contributed by atoms with van der Waals surface area (Å²) in [5, 5.41) is 6.75. The van der Waals surface area contributed by atoms with E-state index in [1.54, 1.807) is 0 Å². The maximum absolute atomic E-state index is 12.3. The highest BCUT2D eigenvalue weighted by atomic mass is 79.9. The minimum Gasteiger partial charge on any atom is -0.378 e. The highest BCUT2D eigenvalue weighted by Crippen LogP contribution is 2.29. The van der Waals surface area contributed by atoms with Gasteiger partial charge in [-0.3, -0.25) is 4.79 Å². The maximum Gasteiger partial charge on any atom is 0.243 e. The van der Waals surface area contributed by atoms with Crippen molar-refractivity contribution in [2.45, 2.75) is 6.92 Å². The number of hydrogen-bond acceptors (Lipinski definition) is 4. The first-order valence-electron chi connectivity index (χ1n) is 8.45. The zero-order valence-electron chi connectivity index (χ0n) is 14.5. The lowest BCUT2D eigenvalue weighted by molar-refractivity contribution is -0.114. The number of nitrogens with zero attached hydrogens (tertiary/aromatic N) is 1. The molecule has 26 heavy (non-hydrogen) atoms. The third-order valence-electron chi connectivity index (χ3n) is 4.19. The number of amides is 1. The van der Waals surface area contributed by atoms with E-state index in [1.807, 2.05) is 43.3 Å². The fraction of sp³-hybridized carbons (Fsp3) is 0.316. The Balaban J connectivity index is 1.65. The van der Waals surface area contributed by atoms with Crippen LogP contribution in [0.25, 0.3) is 0 Å². The zero-order valence-corrected chi connectivity index (χ0v) is 16.9. The van der Waals surface area contributed by atoms with Gasteiger partial charge in [0.25, 0.3) is 0 Å². The molecule has 5 nitrogen and oxygen atoms in total. The molecule has 1 fully saturated rings. The second-order valence-electron chi connectivity index (χ2n) is 6.13. The molecular weight excluding hydrogens is 418 g/mol. The van der Waals surface area contributed by atoms with Crippen LogP contribution >= 0.6 is 27.5 Å². The van der Waals surface area contributed by atoms with E-state index in [-0.39, 0.29) is 12.5 Å². The van der Waals surface area contributed by atoms with E-state index in [9.17, 15) is 4.79 Å². The van der Waals surface area contributed by atoms with E-state index >= 15 is 0 Å². The SMILES string of the molecule is Cc1cc(NC(=O)CNc2cc(Cl)ccc2N2CCOCC2)ccc1Br. The Kier molecular flexibility index (Phi) is 6.40. The number of halogens is 2. The van der Waals surface area contributed by atoms with Crippen molar-refractivity contribution < 1.29 is 9.53 Å². The van der Waals surface area contributed by atoms with Crippen molar-refractivity contribution in [3.63, 3.8) is 0 Å². The van der Waals surface area contributed by atoms with Crippen molar-refractivity contribution >= 4 is 50.5 Å². The van der Waals surface area contributed by atoms with Crippen LogP contribution in [0.5, 0.6) is 0 Å². The number of ether oxygens (including phenoxy) is 1. The van der Waals surface area contributed by atoms with Gasteiger partial charge in [-0.25, -0.2) is 0 Å². The number of rotatable bonds is 5. The molecule has 0 spiro atoms. The quantitative estimate of drug-likeness (QED) is 0.731. The molecule has 0 unspecified atom stereocenters. The number of hydrogen-bond donors (Lipinski definition) is 2. The summed E-state index contributed by atoms with van der Waals surface area (Å²) in [5.74, 6) is -0.111. The Morgan fingerprint density at radius 2 is 2.00 bits per heavy atom. The smallest absolute Gasteiger partial charge is 0.243 e. The molecule has 0 atom stereocenters. The summed E-state index contributed by atoms with van der Waals surface area (Å²) in [4.78, 5) is 14.5. The van der Waals surface area contributed by atoms with Crippen molar-refractivity contribution in [1.82, 2.24) is 0 Å². The second-order valence-corrected chi connectivity index (χ2v) is 7.42. The molecule has 2 N–H and O–H groups in total. The Morgan fingerprint density at radius 3 is 2.73 bits per heavy atom. The van der Waals surface area contributed by atoms with Gasteiger partial charge in [0.05, 0.1) is 31.1 Å². The molecular formula is C19H21BrClN3O2. The van der Waals surface area contributed by atoms with Gasteiger partial charge in [-0.2, -0.15) is 0 Å². The van der Waals surface area contributed by atoms with Crippen LogP contribution in [0.1, 0.15) is 5.56 Å². The molecule has 0 radical (unpaired) electrons. The van der Waals surface area contributed by atoms with Crippen LogP contribution in [0.4, 0.5) is 17.1 Å². The van der Waals surface area contributed by atoms with Crippen LogP contribution in [0.2, 0.25) is 5.02 Å². The molecule has 0 aromatic heterocycles. The number of nitrogens with one attached hydrogen (secondary N) is 2. The van der Waals surface area contributed by atoms with Crippen LogP contribution in [-0.4, -0.2) is 38.8 Å². The summed E-state index contributed by atoms with van der Waals surface area (Å²) >= 11 is 9.60. The van der Waals surface area contributed by atoms with E-state index in [0.29, 0.717) is 18.2 Å². The lowest BCUT2D eigenvalue weighted by atomic mass is 10.2. The molecule has 1 amide bonds. The van der Waals surface area contributed by atoms with Gasteiger partial charge in [-0.05, 0) is 48.9 Å². The number of carbonyl (C=O) groups is 1. The first kappa shape index (κ1) is 19.0. The fourth-order valence-electron chi connectivity index (χ4n) is 2.83. The summed E-state index contributed by atoms with van der Waals surface area (Å²) < 4.78 is 6.43. The zero-order chi connectivity index (χ0) is 18.5. The molecule has 1 aliphatic heterocycles. The standard InChI is InChI=1S/C19H21BrClN3O2/c1-13-10-15(3-4-16(13)20)23-19(25)12-22-17-11-14(21)2-5-18(17)24-6-8-26-9-7-24/h2-5,10-11,22H,6-9,12H2,1H3,(H,23,25). The Labute approximate surface area is 166 Å². The minimum absolute atomic E-state index is 0.111. The second kappa shape index (κ2) is 8.75. The molecule has 0 saturated carbocycles. The van der Waals surface area contributed by atoms with Crippen molar-refractivity contribution in [3.8, 4) is 0 Å². The van der Waals surface area contributed by atoms with E-state index in [2.05, 4.69) is 31.5 Å². The number of aryl methyl sites for hydroxylation is 1. The molecule has 2 aromatic rings. The molecule has 1 heterocycles. The fourth-order valence-corrected chi connectivity index (χ4v) is 3.25. The van der Waals surface area contributed by atoms with Crippen molar-refractivity contribution in [2.75, 3.05) is 48.4 Å². The number of benzene rings is 2. The molecule has 1 aliphatic rings. The van der Waals surface area contributed by atoms with Gasteiger partial charge in [0.1, 0.15) is 0 Å². The van der Waals surface area contributed by atoms with E-state index in [0.717, 1.165) is 40.2 Å². The lowest BCUT2D eigenvalue weighted by Crippen LogP contribution is -2.36. The topological polar surface area (TPSA) is 53.6 Å². The predicted molar refractivity (Wildman–Crippen MR) is 110 cm³/mol. The lowest BCUT2D eigenvalue weighted by Gasteiger charge is -2.30. The van der Waals surface area contributed by atoms with Crippen LogP contribution < -0.4 is 15.5 Å². The Hall–Kier alpha value is -1.76. The summed E-state index contributed by atoms with van der Waals surface area (Å²) in [5.41, 5.74) is 3.73. The van der Waals surface area contributed by atoms with Crippen LogP contribution in [0.15, 0.2) is 40.9 Å². The Morgan fingerprint density at radius 1 is 1.23 bits per heavy atom. The van der Waals surface area contributed by atoms with Gasteiger partial charge in [0.15, 0.2) is 0 Å². The Bertz CT molecular complexity index is 794. The maximum atomic E-state index is 12.3. The third kappa shape index (κ3) is 4.90. The molecule has 0 bridgehead atoms. The van der Waals surface area contributed by atoms with Gasteiger partial charge in [-0.15, -0.1) is 0 Å². The number of anilines is 3. The van der Waals surface area contributed by atoms with Crippen LogP contribution in [-0.2, 0) is 9.53 Å². The van der Waals surface area contributed by atoms with E-state index in [4.69, 9.17) is 16.3 Å². The van der Waals surface area contributed by atoms with E-state index in [1.165, 1.54) is 0 Å². The van der Waals surface area contributed by atoms with Crippen LogP contribution in [0.3, 0.4) is 0 Å². The first-order valence-corrected chi connectivity index (χ1v) is 9.62. The molecule has 138 valence electrons. The van der Waals surface area contributed by atoms with Crippen molar-refractivity contribution in [3.05, 3.63) is 51.5 Å². The summed E-state index contributed by atoms with van der Waals surface area (Å²) in [6.07, 6.45) is 0. The normalized spacial score (nSPS) is 14.2. The summed E-state index contributed by atoms with van der Waals surface area (Å²) in [6, 6.07) is 11.4. The van der Waals surface area contributed by atoms with E-state index < -0.39 is 0 Å². The van der Waals surface area contributed by atoms with Crippen molar-refractivity contribution in [2.24, 2.45) is 0 Å². The van der Waals surface area contributed by atoms with Gasteiger partial charge >= 0.3 is 0 Å². The molecule has 3 rings (SSSR count). The summed E-state index contributed by atoms with van der Waals surface area (Å²) in [7, 11) is 0. The minimum atomic E-state index is -0.111. The highest BCUT2D eigenvalue weighted by molar-refractivity contribution is 9.10. The van der Waals surface area contributed by atoms with Gasteiger partial charge in [-0.1, -0.05) is 27.5 Å². The highest BCUT2D eigenvalue weighted by Gasteiger charge is 2.15. The van der Waals surface area contributed by atoms with Gasteiger partial charge < -0.3 is 20.3 Å². The van der Waals surface area contributed by atoms with Gasteiger partial charge in [0.2, 0.25) is 5.91 Å². The average Bonchev–Trinajstić information content (AvgIpc) is 2.64.